The van der Waals surface area contributed by atoms with Crippen molar-refractivity contribution in [2.24, 2.45) is 0 Å². The van der Waals surface area contributed by atoms with Crippen LogP contribution in [-0.4, -0.2) is 54.1 Å². The molecule has 2 aromatic rings. The quantitative estimate of drug-likeness (QED) is 0.812. The van der Waals surface area contributed by atoms with E-state index in [0.717, 1.165) is 37.4 Å². The molecular weight excluding hydrogens is 314 g/mol. The van der Waals surface area contributed by atoms with Crippen LogP contribution in [0, 0.1) is 0 Å². The number of β-amino-alcohol motifs (C(OH)–C–C–N with tert-alkyl or cyclic N) is 1. The highest BCUT2D eigenvalue weighted by Crippen LogP contribution is 2.34. The Balaban J connectivity index is 1.70. The van der Waals surface area contributed by atoms with Gasteiger partial charge in [0.25, 0.3) is 0 Å². The van der Waals surface area contributed by atoms with Gasteiger partial charge in [0.1, 0.15) is 5.60 Å². The van der Waals surface area contributed by atoms with Crippen molar-refractivity contribution in [3.63, 3.8) is 0 Å². The molecule has 0 aliphatic carbocycles. The molecule has 1 aliphatic heterocycles. The average Bonchev–Trinajstić information content (AvgIpc) is 2.68. The molecule has 4 heteroatoms. The van der Waals surface area contributed by atoms with E-state index in [2.05, 4.69) is 4.90 Å². The highest BCUT2D eigenvalue weighted by Gasteiger charge is 2.32. The molecule has 1 unspecified atom stereocenters. The lowest BCUT2D eigenvalue weighted by Gasteiger charge is -2.32. The van der Waals surface area contributed by atoms with Gasteiger partial charge in [-0.3, -0.25) is 4.90 Å². The molecule has 0 aromatic heterocycles. The van der Waals surface area contributed by atoms with Crippen molar-refractivity contribution in [3.8, 4) is 0 Å². The van der Waals surface area contributed by atoms with Crippen LogP contribution in [0.25, 0.3) is 0 Å². The summed E-state index contributed by atoms with van der Waals surface area (Å²) in [5.41, 5.74) is 0.633. The zero-order valence-electron chi connectivity index (χ0n) is 14.6. The number of hydrogen-bond acceptors (Lipinski definition) is 4. The molecule has 4 nitrogen and oxygen atoms in total. The summed E-state index contributed by atoms with van der Waals surface area (Å²) >= 11 is 0. The molecule has 1 atom stereocenters. The molecule has 0 spiro atoms. The Bertz CT molecular complexity index is 587. The SMILES string of the molecule is OC(CCC(O)(c1ccccc1)c1ccccc1)CN1CCOCC1. The van der Waals surface area contributed by atoms with Crippen LogP contribution in [0.4, 0.5) is 0 Å². The van der Waals surface area contributed by atoms with E-state index in [9.17, 15) is 10.2 Å². The minimum atomic E-state index is -1.09. The van der Waals surface area contributed by atoms with E-state index >= 15 is 0 Å². The summed E-state index contributed by atoms with van der Waals surface area (Å²) in [6, 6.07) is 19.4. The Kier molecular flexibility index (Phi) is 6.21. The van der Waals surface area contributed by atoms with Crippen LogP contribution in [0.15, 0.2) is 60.7 Å². The first-order chi connectivity index (χ1) is 12.2. The third-order valence-corrected chi connectivity index (χ3v) is 4.91. The van der Waals surface area contributed by atoms with Crippen molar-refractivity contribution in [2.75, 3.05) is 32.8 Å². The van der Waals surface area contributed by atoms with Crippen LogP contribution in [0.5, 0.6) is 0 Å². The maximum absolute atomic E-state index is 11.5. The van der Waals surface area contributed by atoms with E-state index in [-0.39, 0.29) is 0 Å². The predicted octanol–water partition coefficient (Wildman–Crippen LogP) is 2.40. The van der Waals surface area contributed by atoms with Gasteiger partial charge in [-0.25, -0.2) is 0 Å². The standard InChI is InChI=1S/C21H27NO3/c23-20(17-22-13-15-25-16-14-22)11-12-21(24,18-7-3-1-4-8-18)19-9-5-2-6-10-19/h1-10,20,23-24H,11-17H2. The summed E-state index contributed by atoms with van der Waals surface area (Å²) < 4.78 is 5.35. The molecule has 0 amide bonds. The molecule has 134 valence electrons. The van der Waals surface area contributed by atoms with Crippen molar-refractivity contribution in [1.29, 1.82) is 0 Å². The second-order valence-electron chi connectivity index (χ2n) is 6.70. The zero-order valence-corrected chi connectivity index (χ0v) is 14.6. The Morgan fingerprint density at radius 3 is 1.96 bits per heavy atom. The Labute approximate surface area is 149 Å². The van der Waals surface area contributed by atoms with Crippen molar-refractivity contribution in [1.82, 2.24) is 4.90 Å². The maximum atomic E-state index is 11.5. The number of aliphatic hydroxyl groups is 2. The molecule has 0 radical (unpaired) electrons. The first kappa shape index (κ1) is 18.1. The van der Waals surface area contributed by atoms with Crippen molar-refractivity contribution < 1.29 is 14.9 Å². The highest BCUT2D eigenvalue weighted by atomic mass is 16.5. The van der Waals surface area contributed by atoms with Crippen LogP contribution in [0.2, 0.25) is 0 Å². The monoisotopic (exact) mass is 341 g/mol. The van der Waals surface area contributed by atoms with Gasteiger partial charge in [-0.1, -0.05) is 60.7 Å². The largest absolute Gasteiger partial charge is 0.392 e. The number of rotatable bonds is 7. The van der Waals surface area contributed by atoms with Gasteiger partial charge in [0.2, 0.25) is 0 Å². The minimum absolute atomic E-state index is 0.461. The van der Waals surface area contributed by atoms with E-state index in [0.29, 0.717) is 19.4 Å². The summed E-state index contributed by atoms with van der Waals surface area (Å²) in [6.45, 7) is 3.80. The second-order valence-corrected chi connectivity index (χ2v) is 6.70. The van der Waals surface area contributed by atoms with E-state index in [1.807, 2.05) is 60.7 Å². The number of nitrogens with zero attached hydrogens (tertiary/aromatic N) is 1. The third-order valence-electron chi connectivity index (χ3n) is 4.91. The summed E-state index contributed by atoms with van der Waals surface area (Å²) in [5, 5.41) is 21.9. The van der Waals surface area contributed by atoms with Crippen molar-refractivity contribution in [3.05, 3.63) is 71.8 Å². The first-order valence-electron chi connectivity index (χ1n) is 9.00. The Morgan fingerprint density at radius 1 is 0.920 bits per heavy atom. The van der Waals surface area contributed by atoms with Crippen molar-refractivity contribution >= 4 is 0 Å². The van der Waals surface area contributed by atoms with Gasteiger partial charge in [-0.15, -0.1) is 0 Å². The average molecular weight is 341 g/mol. The fourth-order valence-corrected chi connectivity index (χ4v) is 3.43. The van der Waals surface area contributed by atoms with Crippen LogP contribution >= 0.6 is 0 Å². The first-order valence-corrected chi connectivity index (χ1v) is 9.00. The van der Waals surface area contributed by atoms with E-state index < -0.39 is 11.7 Å². The lowest BCUT2D eigenvalue weighted by Crippen LogP contribution is -2.41. The van der Waals surface area contributed by atoms with Crippen LogP contribution in [0.1, 0.15) is 24.0 Å². The molecule has 0 bridgehead atoms. The molecule has 1 saturated heterocycles. The van der Waals surface area contributed by atoms with Gasteiger partial charge in [0.05, 0.1) is 19.3 Å². The molecule has 1 fully saturated rings. The fourth-order valence-electron chi connectivity index (χ4n) is 3.43. The van der Waals surface area contributed by atoms with E-state index in [1.165, 1.54) is 0 Å². The van der Waals surface area contributed by atoms with Gasteiger partial charge in [0.15, 0.2) is 0 Å². The predicted molar refractivity (Wildman–Crippen MR) is 98.4 cm³/mol. The Morgan fingerprint density at radius 2 is 1.44 bits per heavy atom. The molecule has 1 heterocycles. The molecule has 0 saturated carbocycles. The van der Waals surface area contributed by atoms with Gasteiger partial charge >= 0.3 is 0 Å². The van der Waals surface area contributed by atoms with Gasteiger partial charge in [-0.2, -0.15) is 0 Å². The number of benzene rings is 2. The molecule has 2 N–H and O–H groups in total. The lowest BCUT2D eigenvalue weighted by atomic mass is 9.82. The zero-order chi connectivity index (χ0) is 17.5. The smallest absolute Gasteiger partial charge is 0.115 e. The normalized spacial score (nSPS) is 17.4. The third kappa shape index (κ3) is 4.67. The molecule has 3 rings (SSSR count). The number of morpholine rings is 1. The minimum Gasteiger partial charge on any atom is -0.392 e. The number of aliphatic hydroxyl groups excluding tert-OH is 1. The maximum Gasteiger partial charge on any atom is 0.115 e. The second kappa shape index (κ2) is 8.59. The number of ether oxygens (including phenoxy) is 1. The van der Waals surface area contributed by atoms with Gasteiger partial charge < -0.3 is 14.9 Å². The molecule has 1 aliphatic rings. The van der Waals surface area contributed by atoms with Crippen LogP contribution < -0.4 is 0 Å². The van der Waals surface area contributed by atoms with Gasteiger partial charge in [0, 0.05) is 19.6 Å². The van der Waals surface area contributed by atoms with Crippen LogP contribution in [0.3, 0.4) is 0 Å². The summed E-state index contributed by atoms with van der Waals surface area (Å²) in [7, 11) is 0. The topological polar surface area (TPSA) is 52.9 Å². The fraction of sp³-hybridized carbons (Fsp3) is 0.429. The lowest BCUT2D eigenvalue weighted by molar-refractivity contribution is 0.00324. The summed E-state index contributed by atoms with van der Waals surface area (Å²) in [5.74, 6) is 0. The van der Waals surface area contributed by atoms with E-state index in [4.69, 9.17) is 4.74 Å². The number of hydrogen-bond donors (Lipinski definition) is 2. The molecular formula is C21H27NO3. The van der Waals surface area contributed by atoms with Crippen LogP contribution in [-0.2, 0) is 10.3 Å². The van der Waals surface area contributed by atoms with Gasteiger partial charge in [-0.05, 0) is 24.0 Å². The summed E-state index contributed by atoms with van der Waals surface area (Å²) in [6.07, 6.45) is 0.557. The molecule has 25 heavy (non-hydrogen) atoms. The van der Waals surface area contributed by atoms with Crippen molar-refractivity contribution in [2.45, 2.75) is 24.5 Å². The highest BCUT2D eigenvalue weighted by molar-refractivity contribution is 5.35. The summed E-state index contributed by atoms with van der Waals surface area (Å²) in [4.78, 5) is 2.22. The molecule has 2 aromatic carbocycles. The van der Waals surface area contributed by atoms with E-state index in [1.54, 1.807) is 0 Å². The Hall–Kier alpha value is -1.72.